The lowest BCUT2D eigenvalue weighted by molar-refractivity contribution is 0.0679. The van der Waals surface area contributed by atoms with Crippen molar-refractivity contribution in [3.63, 3.8) is 0 Å². The van der Waals surface area contributed by atoms with Crippen LogP contribution in [0.2, 0.25) is 0 Å². The van der Waals surface area contributed by atoms with E-state index in [-0.39, 0.29) is 11.9 Å². The molecule has 42 heavy (non-hydrogen) atoms. The van der Waals surface area contributed by atoms with Crippen molar-refractivity contribution in [1.82, 2.24) is 10.2 Å². The van der Waals surface area contributed by atoms with Gasteiger partial charge in [-0.25, -0.2) is 0 Å². The topological polar surface area (TPSA) is 60.0 Å². The molecule has 1 aliphatic carbocycles. The lowest BCUT2D eigenvalue weighted by Gasteiger charge is -2.36. The second-order valence-electron chi connectivity index (χ2n) is 12.7. The molecule has 3 rings (SSSR count). The third-order valence-electron chi connectivity index (χ3n) is 8.44. The second kappa shape index (κ2) is 17.6. The number of rotatable bonds is 17. The van der Waals surface area contributed by atoms with Crippen LogP contribution >= 0.6 is 0 Å². The van der Waals surface area contributed by atoms with Crippen molar-refractivity contribution < 1.29 is 19.0 Å². The zero-order chi connectivity index (χ0) is 30.5. The van der Waals surface area contributed by atoms with Gasteiger partial charge in [0.2, 0.25) is 0 Å². The van der Waals surface area contributed by atoms with Gasteiger partial charge in [0.25, 0.3) is 5.91 Å². The molecular weight excluding hydrogens is 524 g/mol. The Labute approximate surface area is 256 Å². The van der Waals surface area contributed by atoms with Crippen LogP contribution in [0.25, 0.3) is 5.57 Å². The highest BCUT2D eigenvalue weighted by Crippen LogP contribution is 2.35. The third kappa shape index (κ3) is 10.1. The van der Waals surface area contributed by atoms with E-state index in [0.29, 0.717) is 55.7 Å². The summed E-state index contributed by atoms with van der Waals surface area (Å²) in [7, 11) is 0. The number of allylic oxidation sites excluding steroid dienone is 2. The van der Waals surface area contributed by atoms with E-state index in [1.165, 1.54) is 12.8 Å². The first-order valence-electron chi connectivity index (χ1n) is 16.7. The average Bonchev–Trinajstić information content (AvgIpc) is 3.49. The Morgan fingerprint density at radius 1 is 1.00 bits per heavy atom. The highest BCUT2D eigenvalue weighted by molar-refractivity contribution is 5.98. The summed E-state index contributed by atoms with van der Waals surface area (Å²) in [4.78, 5) is 15.9. The van der Waals surface area contributed by atoms with Crippen molar-refractivity contribution in [2.75, 3.05) is 26.3 Å². The minimum atomic E-state index is 0.0278. The van der Waals surface area contributed by atoms with Gasteiger partial charge in [-0.3, -0.25) is 4.79 Å². The van der Waals surface area contributed by atoms with E-state index in [1.807, 2.05) is 24.0 Å². The van der Waals surface area contributed by atoms with Crippen molar-refractivity contribution in [2.24, 2.45) is 5.92 Å². The molecular formula is C36H58N2O4. The van der Waals surface area contributed by atoms with Gasteiger partial charge in [-0.1, -0.05) is 47.1 Å². The predicted octanol–water partition coefficient (Wildman–Crippen LogP) is 8.55. The quantitative estimate of drug-likeness (QED) is 0.147. The van der Waals surface area contributed by atoms with Crippen molar-refractivity contribution >= 4 is 11.5 Å². The number of piperidine rings is 1. The second-order valence-corrected chi connectivity index (χ2v) is 12.7. The van der Waals surface area contributed by atoms with E-state index in [9.17, 15) is 4.79 Å². The number of nitrogens with zero attached hydrogens (tertiary/aromatic N) is 1. The number of benzene rings is 1. The Bertz CT molecular complexity index is 1020. The number of hydrogen-bond acceptors (Lipinski definition) is 5. The molecule has 0 spiro atoms. The van der Waals surface area contributed by atoms with E-state index in [4.69, 9.17) is 14.2 Å². The Hall–Kier alpha value is -2.47. The molecule has 0 radical (unpaired) electrons. The van der Waals surface area contributed by atoms with Crippen LogP contribution in [0.5, 0.6) is 11.5 Å². The minimum Gasteiger partial charge on any atom is -0.493 e. The van der Waals surface area contributed by atoms with Crippen LogP contribution in [0, 0.1) is 5.92 Å². The van der Waals surface area contributed by atoms with Crippen molar-refractivity contribution in [3.8, 4) is 11.5 Å². The van der Waals surface area contributed by atoms with Crippen LogP contribution in [0.4, 0.5) is 0 Å². The van der Waals surface area contributed by atoms with Gasteiger partial charge >= 0.3 is 0 Å². The summed E-state index contributed by atoms with van der Waals surface area (Å²) in [5.74, 6) is 3.05. The molecule has 0 bridgehead atoms. The van der Waals surface area contributed by atoms with Gasteiger partial charge in [-0.2, -0.15) is 0 Å². The summed E-state index contributed by atoms with van der Waals surface area (Å²) in [5.41, 5.74) is 2.37. The lowest BCUT2D eigenvalue weighted by Crippen LogP contribution is -2.49. The molecule has 1 atom stereocenters. The van der Waals surface area contributed by atoms with Gasteiger partial charge in [0.05, 0.1) is 30.9 Å². The van der Waals surface area contributed by atoms with Crippen LogP contribution in [0.3, 0.4) is 0 Å². The monoisotopic (exact) mass is 582 g/mol. The summed E-state index contributed by atoms with van der Waals surface area (Å²) in [6.45, 7) is 19.7. The number of unbranched alkanes of at least 4 members (excludes halogenated alkanes) is 2. The van der Waals surface area contributed by atoms with Gasteiger partial charge in [0, 0.05) is 30.8 Å². The average molecular weight is 583 g/mol. The maximum Gasteiger partial charge on any atom is 0.257 e. The van der Waals surface area contributed by atoms with Crippen LogP contribution in [-0.2, 0) is 4.74 Å². The first-order chi connectivity index (χ1) is 20.3. The van der Waals surface area contributed by atoms with Gasteiger partial charge in [0.15, 0.2) is 0 Å². The molecule has 0 aromatic heterocycles. The maximum absolute atomic E-state index is 13.9. The molecule has 2 fully saturated rings. The van der Waals surface area contributed by atoms with E-state index >= 15 is 0 Å². The maximum atomic E-state index is 13.9. The molecule has 236 valence electrons. The number of likely N-dealkylation sites (tertiary alicyclic amines) is 1. The molecule has 1 amide bonds. The van der Waals surface area contributed by atoms with Crippen LogP contribution < -0.4 is 14.8 Å². The predicted molar refractivity (Wildman–Crippen MR) is 174 cm³/mol. The number of carbonyl (C=O) groups excluding carboxylic acids is 1. The number of hydrogen-bond donors (Lipinski definition) is 1. The normalized spacial score (nSPS) is 17.5. The highest BCUT2D eigenvalue weighted by Gasteiger charge is 2.30. The first kappa shape index (κ1) is 34.0. The molecule has 1 aromatic rings. The van der Waals surface area contributed by atoms with E-state index in [0.717, 1.165) is 80.4 Å². The SMILES string of the molecule is C=C(C)c1cc(C(=O)N2CCC(N[C@@H](CC(C)C)C(=CC)OC3CCCC3)CC2)c(OCCCC)cc1OCCCC. The first-order valence-corrected chi connectivity index (χ1v) is 16.7. The summed E-state index contributed by atoms with van der Waals surface area (Å²) in [6.07, 6.45) is 14.3. The summed E-state index contributed by atoms with van der Waals surface area (Å²) >= 11 is 0. The molecule has 1 saturated carbocycles. The van der Waals surface area contributed by atoms with Gasteiger partial charge in [-0.05, 0) is 95.3 Å². The standard InChI is InChI=1S/C36H58N2O4/c1-8-11-21-40-34-25-35(41-22-12-9-2)31(24-30(34)27(6)7)36(39)38-19-17-28(18-20-38)37-32(23-26(4)5)33(10-3)42-29-15-13-14-16-29/h10,24-26,28-29,32,37H,6,8-9,11-23H2,1-5,7H3/t32-/m0/s1. The number of nitrogens with one attached hydrogen (secondary N) is 1. The van der Waals surface area contributed by atoms with Crippen molar-refractivity contribution in [3.05, 3.63) is 41.7 Å². The third-order valence-corrected chi connectivity index (χ3v) is 8.44. The lowest BCUT2D eigenvalue weighted by atomic mass is 9.97. The minimum absolute atomic E-state index is 0.0278. The van der Waals surface area contributed by atoms with Crippen LogP contribution in [-0.4, -0.2) is 55.3 Å². The largest absolute Gasteiger partial charge is 0.493 e. The van der Waals surface area contributed by atoms with E-state index in [1.54, 1.807) is 0 Å². The fourth-order valence-corrected chi connectivity index (χ4v) is 5.95. The smallest absolute Gasteiger partial charge is 0.257 e. The van der Waals surface area contributed by atoms with Gasteiger partial charge < -0.3 is 24.4 Å². The zero-order valence-electron chi connectivity index (χ0n) is 27.4. The van der Waals surface area contributed by atoms with E-state index < -0.39 is 0 Å². The molecule has 6 heteroatoms. The van der Waals surface area contributed by atoms with Crippen molar-refractivity contribution in [1.29, 1.82) is 0 Å². The number of carbonyl (C=O) groups is 1. The molecule has 2 aliphatic rings. The van der Waals surface area contributed by atoms with E-state index in [2.05, 4.69) is 52.6 Å². The van der Waals surface area contributed by atoms with Crippen LogP contribution in [0.1, 0.15) is 128 Å². The Morgan fingerprint density at radius 3 is 2.12 bits per heavy atom. The summed E-state index contributed by atoms with van der Waals surface area (Å²) in [6, 6.07) is 4.41. The molecule has 6 nitrogen and oxygen atoms in total. The molecule has 0 unspecified atom stereocenters. The van der Waals surface area contributed by atoms with Crippen molar-refractivity contribution in [2.45, 2.75) is 130 Å². The number of ether oxygens (including phenoxy) is 3. The molecule has 1 heterocycles. The Kier molecular flexibility index (Phi) is 14.3. The Balaban J connectivity index is 1.72. The summed E-state index contributed by atoms with van der Waals surface area (Å²) < 4.78 is 18.8. The molecule has 1 saturated heterocycles. The highest BCUT2D eigenvalue weighted by atomic mass is 16.5. The van der Waals surface area contributed by atoms with Gasteiger partial charge in [-0.15, -0.1) is 0 Å². The summed E-state index contributed by atoms with van der Waals surface area (Å²) in [5, 5.41) is 3.93. The van der Waals surface area contributed by atoms with Crippen LogP contribution in [0.15, 0.2) is 30.5 Å². The molecule has 1 aliphatic heterocycles. The molecule has 1 N–H and O–H groups in total. The molecule has 1 aromatic carbocycles. The Morgan fingerprint density at radius 2 is 1.60 bits per heavy atom. The fraction of sp³-hybridized carbons (Fsp3) is 0.694. The number of amides is 1. The van der Waals surface area contributed by atoms with Gasteiger partial charge in [0.1, 0.15) is 17.3 Å². The fourth-order valence-electron chi connectivity index (χ4n) is 5.95. The zero-order valence-corrected chi connectivity index (χ0v) is 27.4.